The minimum atomic E-state index is -2.71. The van der Waals surface area contributed by atoms with E-state index in [0.29, 0.717) is 16.9 Å². The lowest BCUT2D eigenvalue weighted by Crippen LogP contribution is -2.00. The molecule has 3 rings (SSSR count). The van der Waals surface area contributed by atoms with E-state index >= 15 is 0 Å². The predicted molar refractivity (Wildman–Crippen MR) is 90.8 cm³/mol. The Morgan fingerprint density at radius 3 is 2.33 bits per heavy atom. The molecule has 0 radical (unpaired) electrons. The van der Waals surface area contributed by atoms with Gasteiger partial charge in [0.25, 0.3) is 6.43 Å². The van der Waals surface area contributed by atoms with Crippen molar-refractivity contribution in [3.63, 3.8) is 0 Å². The van der Waals surface area contributed by atoms with Crippen LogP contribution >= 0.6 is 13.5 Å². The van der Waals surface area contributed by atoms with E-state index in [0.717, 1.165) is 0 Å². The van der Waals surface area contributed by atoms with Gasteiger partial charge in [0.05, 0.1) is 18.5 Å². The summed E-state index contributed by atoms with van der Waals surface area (Å²) in [5, 5.41) is 3.94. The van der Waals surface area contributed by atoms with Gasteiger partial charge in [0.1, 0.15) is 5.69 Å². The Balaban J connectivity index is 0.00000208. The van der Waals surface area contributed by atoms with Crippen molar-refractivity contribution in [3.05, 3.63) is 66.1 Å². The van der Waals surface area contributed by atoms with E-state index in [1.165, 1.54) is 30.0 Å². The average Bonchev–Trinajstić information content (AvgIpc) is 3.01. The highest BCUT2D eigenvalue weighted by Crippen LogP contribution is 2.30. The first-order chi connectivity index (χ1) is 11.1. The lowest BCUT2D eigenvalue weighted by Gasteiger charge is -2.09. The summed E-state index contributed by atoms with van der Waals surface area (Å²) in [6.07, 6.45) is -2.71. The number of rotatable bonds is 4. The van der Waals surface area contributed by atoms with Crippen molar-refractivity contribution in [2.45, 2.75) is 6.43 Å². The fourth-order valence-electron chi connectivity index (χ4n) is 2.30. The number of benzene rings is 2. The molecule has 7 heteroatoms. The summed E-state index contributed by atoms with van der Waals surface area (Å²) in [5.74, 6) is -0.474. The molecule has 0 aliphatic carbocycles. The van der Waals surface area contributed by atoms with Crippen LogP contribution in [0, 0.1) is 5.82 Å². The molecule has 24 heavy (non-hydrogen) atoms. The summed E-state index contributed by atoms with van der Waals surface area (Å²) < 4.78 is 46.2. The third-order valence-corrected chi connectivity index (χ3v) is 3.40. The number of ether oxygens (including phenoxy) is 1. The molecule has 0 spiro atoms. The highest BCUT2D eigenvalue weighted by Gasteiger charge is 2.18. The van der Waals surface area contributed by atoms with Crippen molar-refractivity contribution in [2.75, 3.05) is 7.11 Å². The Morgan fingerprint density at radius 1 is 1.04 bits per heavy atom. The van der Waals surface area contributed by atoms with Crippen molar-refractivity contribution < 1.29 is 17.9 Å². The van der Waals surface area contributed by atoms with Crippen molar-refractivity contribution in [3.8, 4) is 22.7 Å². The van der Waals surface area contributed by atoms with Gasteiger partial charge in [0, 0.05) is 5.56 Å². The molecule has 2 aromatic carbocycles. The lowest BCUT2D eigenvalue weighted by atomic mass is 10.1. The third kappa shape index (κ3) is 3.41. The Labute approximate surface area is 144 Å². The minimum absolute atomic E-state index is 0. The van der Waals surface area contributed by atoms with Gasteiger partial charge >= 0.3 is 0 Å². The number of halogens is 3. The van der Waals surface area contributed by atoms with Gasteiger partial charge in [-0.15, -0.1) is 0 Å². The van der Waals surface area contributed by atoms with Crippen LogP contribution in [0.4, 0.5) is 13.2 Å². The van der Waals surface area contributed by atoms with Gasteiger partial charge in [-0.1, -0.05) is 18.2 Å². The summed E-state index contributed by atoms with van der Waals surface area (Å²) in [7, 11) is 1.36. The summed E-state index contributed by atoms with van der Waals surface area (Å²) >= 11 is 0. The zero-order valence-electron chi connectivity index (χ0n) is 12.7. The molecule has 0 amide bonds. The zero-order chi connectivity index (χ0) is 16.4. The molecular weight excluding hydrogens is 337 g/mol. The standard InChI is InChI=1S/C17H13F3N2O.H2S/c1-23-16-8-7-11(9-13(16)18)15-10-14(17(19)20)21-22(15)12-5-3-2-4-6-12;/h2-10,17H,1H3;1H2. The van der Waals surface area contributed by atoms with E-state index in [9.17, 15) is 13.2 Å². The largest absolute Gasteiger partial charge is 0.494 e. The van der Waals surface area contributed by atoms with Gasteiger partial charge in [-0.05, 0) is 36.4 Å². The summed E-state index contributed by atoms with van der Waals surface area (Å²) in [5.41, 5.74) is 1.07. The van der Waals surface area contributed by atoms with Crippen molar-refractivity contribution in [2.24, 2.45) is 0 Å². The maximum atomic E-state index is 13.9. The molecule has 0 saturated heterocycles. The molecule has 3 nitrogen and oxygen atoms in total. The van der Waals surface area contributed by atoms with Crippen LogP contribution < -0.4 is 4.74 Å². The average molecular weight is 352 g/mol. The number of methoxy groups -OCH3 is 1. The number of aromatic nitrogens is 2. The summed E-state index contributed by atoms with van der Waals surface area (Å²) in [6.45, 7) is 0. The molecule has 0 aliphatic rings. The lowest BCUT2D eigenvalue weighted by molar-refractivity contribution is 0.145. The van der Waals surface area contributed by atoms with Crippen LogP contribution in [0.5, 0.6) is 5.75 Å². The number of alkyl halides is 2. The number of hydrogen-bond acceptors (Lipinski definition) is 2. The third-order valence-electron chi connectivity index (χ3n) is 3.40. The van der Waals surface area contributed by atoms with E-state index in [1.54, 1.807) is 30.3 Å². The van der Waals surface area contributed by atoms with Crippen molar-refractivity contribution in [1.29, 1.82) is 0 Å². The highest BCUT2D eigenvalue weighted by atomic mass is 32.1. The SMILES string of the molecule is COc1ccc(-c2cc(C(F)F)nn2-c2ccccc2)cc1F.S. The minimum Gasteiger partial charge on any atom is -0.494 e. The van der Waals surface area contributed by atoms with Crippen LogP contribution in [0.15, 0.2) is 54.6 Å². The number of hydrogen-bond donors (Lipinski definition) is 0. The van der Waals surface area contributed by atoms with E-state index in [2.05, 4.69) is 5.10 Å². The van der Waals surface area contributed by atoms with Crippen LogP contribution in [0.2, 0.25) is 0 Å². The topological polar surface area (TPSA) is 27.1 Å². The summed E-state index contributed by atoms with van der Waals surface area (Å²) in [4.78, 5) is 0. The second kappa shape index (κ2) is 7.44. The van der Waals surface area contributed by atoms with E-state index < -0.39 is 12.2 Å². The van der Waals surface area contributed by atoms with Gasteiger partial charge in [0.2, 0.25) is 0 Å². The Bertz CT molecular complexity index is 822. The van der Waals surface area contributed by atoms with Crippen LogP contribution in [0.1, 0.15) is 12.1 Å². The molecule has 0 aliphatic heterocycles. The van der Waals surface area contributed by atoms with Crippen molar-refractivity contribution >= 4 is 13.5 Å². The molecule has 0 atom stereocenters. The first-order valence-corrected chi connectivity index (χ1v) is 6.87. The normalized spacial score (nSPS) is 10.5. The first-order valence-electron chi connectivity index (χ1n) is 6.87. The second-order valence-electron chi connectivity index (χ2n) is 4.85. The first kappa shape index (κ1) is 17.9. The molecule has 0 unspecified atom stereocenters. The second-order valence-corrected chi connectivity index (χ2v) is 4.85. The monoisotopic (exact) mass is 352 g/mol. The molecule has 126 valence electrons. The quantitative estimate of drug-likeness (QED) is 0.678. The zero-order valence-corrected chi connectivity index (χ0v) is 13.7. The molecule has 0 bridgehead atoms. The Morgan fingerprint density at radius 2 is 1.75 bits per heavy atom. The fourth-order valence-corrected chi connectivity index (χ4v) is 2.30. The highest BCUT2D eigenvalue weighted by molar-refractivity contribution is 7.59. The molecule has 0 saturated carbocycles. The van der Waals surface area contributed by atoms with Gasteiger partial charge in [-0.2, -0.15) is 18.6 Å². The predicted octanol–water partition coefficient (Wildman–Crippen LogP) is 4.74. The van der Waals surface area contributed by atoms with E-state index in [4.69, 9.17) is 4.74 Å². The van der Waals surface area contributed by atoms with Crippen LogP contribution in [-0.2, 0) is 0 Å². The summed E-state index contributed by atoms with van der Waals surface area (Å²) in [6, 6.07) is 14.4. The smallest absolute Gasteiger partial charge is 0.282 e. The number of para-hydroxylation sites is 1. The van der Waals surface area contributed by atoms with Crippen LogP contribution in [0.25, 0.3) is 16.9 Å². The molecule has 0 fully saturated rings. The van der Waals surface area contributed by atoms with E-state index in [-0.39, 0.29) is 24.9 Å². The van der Waals surface area contributed by atoms with Gasteiger partial charge in [0.15, 0.2) is 11.6 Å². The molecular formula is C17H15F3N2OS. The molecule has 0 N–H and O–H groups in total. The molecule has 3 aromatic rings. The van der Waals surface area contributed by atoms with Crippen molar-refractivity contribution in [1.82, 2.24) is 9.78 Å². The fraction of sp³-hybridized carbons (Fsp3) is 0.118. The van der Waals surface area contributed by atoms with Crippen LogP contribution in [-0.4, -0.2) is 16.9 Å². The van der Waals surface area contributed by atoms with Gasteiger partial charge in [-0.3, -0.25) is 0 Å². The van der Waals surface area contributed by atoms with Gasteiger partial charge < -0.3 is 4.74 Å². The molecule has 1 aromatic heterocycles. The Hall–Kier alpha value is -2.41. The van der Waals surface area contributed by atoms with Crippen LogP contribution in [0.3, 0.4) is 0 Å². The maximum absolute atomic E-state index is 13.9. The Kier molecular flexibility index (Phi) is 5.56. The number of nitrogens with zero attached hydrogens (tertiary/aromatic N) is 2. The maximum Gasteiger partial charge on any atom is 0.282 e. The van der Waals surface area contributed by atoms with E-state index in [1.807, 2.05) is 6.07 Å². The van der Waals surface area contributed by atoms with Gasteiger partial charge in [-0.25, -0.2) is 17.9 Å². The molecule has 1 heterocycles.